The summed E-state index contributed by atoms with van der Waals surface area (Å²) < 4.78 is 0.574. The van der Waals surface area contributed by atoms with E-state index in [0.717, 1.165) is 6.29 Å². The van der Waals surface area contributed by atoms with E-state index in [1.165, 1.54) is 0 Å². The number of rotatable bonds is 2. The Morgan fingerprint density at radius 1 is 1.44 bits per heavy atom. The van der Waals surface area contributed by atoms with E-state index in [2.05, 4.69) is 6.20 Å². The largest absolute Gasteiger partial charge is 0.298 e. The second-order valence-corrected chi connectivity index (χ2v) is 2.93. The Balaban J connectivity index is 4.11. The predicted octanol–water partition coefficient (Wildman–Crippen LogP) is 0.598. The van der Waals surface area contributed by atoms with E-state index in [9.17, 15) is 4.79 Å². The first-order valence-electron chi connectivity index (χ1n) is 2.84. The van der Waals surface area contributed by atoms with Gasteiger partial charge in [-0.15, -0.1) is 0 Å². The third-order valence-electron chi connectivity index (χ3n) is 0.689. The fourth-order valence-corrected chi connectivity index (χ4v) is 0.555. The number of aldehydes is 1. The standard InChI is InChI=1S/C7H13NO/c1-7(6-9)5-8(2,3)4/h6H,1-4H3/q+1. The lowest BCUT2D eigenvalue weighted by Gasteiger charge is -2.15. The van der Waals surface area contributed by atoms with Crippen LogP contribution in [0.2, 0.25) is 0 Å². The molecule has 0 bridgehead atoms. The molecule has 0 aliphatic rings. The highest BCUT2D eigenvalue weighted by atomic mass is 16.1. The van der Waals surface area contributed by atoms with E-state index < -0.39 is 0 Å². The van der Waals surface area contributed by atoms with Crippen LogP contribution < -0.4 is 0 Å². The zero-order valence-corrected chi connectivity index (χ0v) is 6.43. The van der Waals surface area contributed by atoms with E-state index in [0.29, 0.717) is 10.1 Å². The lowest BCUT2D eigenvalue weighted by Crippen LogP contribution is -2.28. The van der Waals surface area contributed by atoms with Crippen LogP contribution in [0.4, 0.5) is 0 Å². The van der Waals surface area contributed by atoms with Crippen molar-refractivity contribution < 1.29 is 9.28 Å². The second kappa shape index (κ2) is 2.78. The first-order chi connectivity index (χ1) is 3.95. The van der Waals surface area contributed by atoms with Crippen LogP contribution in [0.1, 0.15) is 6.92 Å². The van der Waals surface area contributed by atoms with Gasteiger partial charge in [0.2, 0.25) is 0 Å². The average Bonchev–Trinajstić information content (AvgIpc) is 1.62. The van der Waals surface area contributed by atoms with Crippen molar-refractivity contribution in [2.75, 3.05) is 21.1 Å². The maximum atomic E-state index is 10.1. The molecule has 1 radical (unpaired) electrons. The summed E-state index contributed by atoms with van der Waals surface area (Å²) >= 11 is 0. The number of carbonyl (C=O) groups is 1. The Hall–Kier alpha value is -0.630. The van der Waals surface area contributed by atoms with Gasteiger partial charge >= 0.3 is 0 Å². The average molecular weight is 127 g/mol. The second-order valence-electron chi connectivity index (χ2n) is 2.93. The zero-order valence-electron chi connectivity index (χ0n) is 6.43. The topological polar surface area (TPSA) is 17.1 Å². The highest BCUT2D eigenvalue weighted by molar-refractivity contribution is 5.70. The van der Waals surface area contributed by atoms with Gasteiger partial charge in [0.05, 0.1) is 26.7 Å². The summed E-state index contributed by atoms with van der Waals surface area (Å²) in [7, 11) is 5.85. The SMILES string of the molecule is CC(=[C][N+](C)(C)C)C=O. The molecule has 0 aliphatic heterocycles. The molecule has 0 saturated carbocycles. The van der Waals surface area contributed by atoms with E-state index in [1.54, 1.807) is 6.92 Å². The Morgan fingerprint density at radius 2 is 1.89 bits per heavy atom. The van der Waals surface area contributed by atoms with Crippen LogP contribution in [-0.4, -0.2) is 31.9 Å². The monoisotopic (exact) mass is 127 g/mol. The smallest absolute Gasteiger partial charge is 0.200 e. The molecule has 0 amide bonds. The van der Waals surface area contributed by atoms with Gasteiger partial charge < -0.3 is 0 Å². The Morgan fingerprint density at radius 3 is 2.00 bits per heavy atom. The van der Waals surface area contributed by atoms with Gasteiger partial charge in [0.1, 0.15) is 0 Å². The maximum absolute atomic E-state index is 10.1. The third-order valence-corrected chi connectivity index (χ3v) is 0.689. The van der Waals surface area contributed by atoms with Gasteiger partial charge in [0.15, 0.2) is 12.5 Å². The van der Waals surface area contributed by atoms with E-state index in [1.807, 2.05) is 21.1 Å². The van der Waals surface area contributed by atoms with E-state index in [-0.39, 0.29) is 0 Å². The molecule has 0 heterocycles. The molecule has 0 aromatic heterocycles. The minimum atomic E-state index is 0.574. The van der Waals surface area contributed by atoms with Gasteiger partial charge in [-0.2, -0.15) is 0 Å². The maximum Gasteiger partial charge on any atom is 0.200 e. The van der Waals surface area contributed by atoms with Crippen molar-refractivity contribution in [3.05, 3.63) is 11.8 Å². The molecule has 0 aromatic rings. The lowest BCUT2D eigenvalue weighted by molar-refractivity contribution is -0.830. The molecule has 0 fully saturated rings. The van der Waals surface area contributed by atoms with Crippen LogP contribution in [0, 0.1) is 6.20 Å². The van der Waals surface area contributed by atoms with Crippen LogP contribution in [-0.2, 0) is 4.79 Å². The Labute approximate surface area is 56.4 Å². The third kappa shape index (κ3) is 5.24. The molecular weight excluding hydrogens is 114 g/mol. The minimum Gasteiger partial charge on any atom is -0.298 e. The van der Waals surface area contributed by atoms with Gasteiger partial charge in [-0.1, -0.05) is 0 Å². The van der Waals surface area contributed by atoms with Gasteiger partial charge in [-0.25, -0.2) is 0 Å². The molecule has 2 nitrogen and oxygen atoms in total. The summed E-state index contributed by atoms with van der Waals surface area (Å²) in [6.07, 6.45) is 3.76. The molecule has 0 N–H and O–H groups in total. The molecular formula is C7H13NO+. The lowest BCUT2D eigenvalue weighted by atomic mass is 10.3. The van der Waals surface area contributed by atoms with Crippen molar-refractivity contribution in [2.24, 2.45) is 0 Å². The zero-order chi connectivity index (χ0) is 7.49. The first kappa shape index (κ1) is 8.37. The predicted molar refractivity (Wildman–Crippen MR) is 36.5 cm³/mol. The normalized spacial score (nSPS) is 13.6. The number of hydrogen-bond donors (Lipinski definition) is 0. The number of carbonyl (C=O) groups excluding carboxylic acids is 1. The van der Waals surface area contributed by atoms with Crippen molar-refractivity contribution in [3.8, 4) is 0 Å². The summed E-state index contributed by atoms with van der Waals surface area (Å²) in [6.45, 7) is 1.75. The summed E-state index contributed by atoms with van der Waals surface area (Å²) in [5, 5.41) is 0. The van der Waals surface area contributed by atoms with E-state index in [4.69, 9.17) is 0 Å². The molecule has 9 heavy (non-hydrogen) atoms. The first-order valence-corrected chi connectivity index (χ1v) is 2.84. The van der Waals surface area contributed by atoms with Crippen molar-refractivity contribution in [1.82, 2.24) is 0 Å². The van der Waals surface area contributed by atoms with Gasteiger partial charge in [0, 0.05) is 0 Å². The van der Waals surface area contributed by atoms with Crippen LogP contribution in [0.25, 0.3) is 0 Å². The minimum absolute atomic E-state index is 0.574. The fraction of sp³-hybridized carbons (Fsp3) is 0.571. The Bertz CT molecular complexity index is 130. The van der Waals surface area contributed by atoms with Crippen LogP contribution in [0.3, 0.4) is 0 Å². The molecule has 0 spiro atoms. The van der Waals surface area contributed by atoms with Crippen molar-refractivity contribution in [3.63, 3.8) is 0 Å². The van der Waals surface area contributed by atoms with Gasteiger partial charge in [-0.05, 0) is 6.92 Å². The van der Waals surface area contributed by atoms with Gasteiger partial charge in [-0.3, -0.25) is 9.28 Å². The number of allylic oxidation sites excluding steroid dienone is 1. The molecule has 0 saturated heterocycles. The summed E-state index contributed by atoms with van der Waals surface area (Å²) in [4.78, 5) is 10.1. The molecule has 0 aliphatic carbocycles. The summed E-state index contributed by atoms with van der Waals surface area (Å²) in [5.74, 6) is 0. The highest BCUT2D eigenvalue weighted by Crippen LogP contribution is 1.94. The van der Waals surface area contributed by atoms with Crippen LogP contribution >= 0.6 is 0 Å². The van der Waals surface area contributed by atoms with E-state index >= 15 is 0 Å². The number of hydrogen-bond acceptors (Lipinski definition) is 1. The highest BCUT2D eigenvalue weighted by Gasteiger charge is 2.03. The van der Waals surface area contributed by atoms with Gasteiger partial charge in [0.25, 0.3) is 0 Å². The molecule has 0 atom stereocenters. The molecule has 0 unspecified atom stereocenters. The summed E-state index contributed by atoms with van der Waals surface area (Å²) in [5.41, 5.74) is 0.655. The number of nitrogens with zero attached hydrogens (tertiary/aromatic N) is 1. The molecule has 51 valence electrons. The van der Waals surface area contributed by atoms with Crippen LogP contribution in [0.15, 0.2) is 5.57 Å². The van der Waals surface area contributed by atoms with Crippen molar-refractivity contribution >= 4 is 6.29 Å². The number of quaternary nitrogens is 1. The molecule has 0 aromatic carbocycles. The quantitative estimate of drug-likeness (QED) is 0.301. The molecule has 0 rings (SSSR count). The van der Waals surface area contributed by atoms with Crippen LogP contribution in [0.5, 0.6) is 0 Å². The van der Waals surface area contributed by atoms with Crippen molar-refractivity contribution in [1.29, 1.82) is 0 Å². The Kier molecular flexibility index (Phi) is 2.59. The summed E-state index contributed by atoms with van der Waals surface area (Å²) in [6, 6.07) is 0. The fourth-order valence-electron chi connectivity index (χ4n) is 0.555. The molecule has 2 heteroatoms. The van der Waals surface area contributed by atoms with Crippen molar-refractivity contribution in [2.45, 2.75) is 6.92 Å².